The van der Waals surface area contributed by atoms with E-state index in [1.54, 1.807) is 0 Å². The maximum atomic E-state index is 11.8. The fraction of sp³-hybridized carbons (Fsp3) is 1.00. The van der Waals surface area contributed by atoms with Crippen LogP contribution >= 0.6 is 11.8 Å². The lowest BCUT2D eigenvalue weighted by atomic mass is 10.2. The summed E-state index contributed by atoms with van der Waals surface area (Å²) in [6.07, 6.45) is 4.91. The van der Waals surface area contributed by atoms with Crippen molar-refractivity contribution in [3.05, 3.63) is 0 Å². The third-order valence-corrected chi connectivity index (χ3v) is 5.68. The van der Waals surface area contributed by atoms with Gasteiger partial charge < -0.3 is 5.32 Å². The summed E-state index contributed by atoms with van der Waals surface area (Å²) in [4.78, 5) is 0. The van der Waals surface area contributed by atoms with Gasteiger partial charge in [-0.1, -0.05) is 6.92 Å². The van der Waals surface area contributed by atoms with E-state index in [0.717, 1.165) is 50.9 Å². The maximum absolute atomic E-state index is 11.8. The van der Waals surface area contributed by atoms with Gasteiger partial charge in [-0.15, -0.1) is 0 Å². The highest BCUT2D eigenvalue weighted by Crippen LogP contribution is 2.17. The van der Waals surface area contributed by atoms with E-state index >= 15 is 0 Å². The number of rotatable bonds is 9. The first-order valence-electron chi connectivity index (χ1n) is 6.92. The normalized spacial score (nSPS) is 21.1. The molecule has 18 heavy (non-hydrogen) atoms. The number of sulfonamides is 1. The molecule has 0 aromatic carbocycles. The lowest BCUT2D eigenvalue weighted by Gasteiger charge is -2.22. The fourth-order valence-corrected chi connectivity index (χ4v) is 4.58. The molecule has 6 heteroatoms. The Balaban J connectivity index is 2.11. The molecule has 1 heterocycles. The predicted molar refractivity (Wildman–Crippen MR) is 79.7 cm³/mol. The van der Waals surface area contributed by atoms with Gasteiger partial charge in [-0.2, -0.15) is 11.8 Å². The zero-order valence-electron chi connectivity index (χ0n) is 11.3. The van der Waals surface area contributed by atoms with Gasteiger partial charge in [-0.25, -0.2) is 13.1 Å². The molecular formula is C12H26N2O2S2. The molecule has 4 nitrogen and oxygen atoms in total. The van der Waals surface area contributed by atoms with Crippen molar-refractivity contribution in [2.75, 3.05) is 30.3 Å². The van der Waals surface area contributed by atoms with Gasteiger partial charge in [0, 0.05) is 11.8 Å². The van der Waals surface area contributed by atoms with Crippen molar-refractivity contribution < 1.29 is 8.42 Å². The Morgan fingerprint density at radius 3 is 2.78 bits per heavy atom. The SMILES string of the molecule is CCCNCCCCS(=O)(=O)NC1CCCSC1. The van der Waals surface area contributed by atoms with E-state index in [0.29, 0.717) is 0 Å². The number of thioether (sulfide) groups is 1. The molecule has 1 saturated heterocycles. The Morgan fingerprint density at radius 2 is 2.11 bits per heavy atom. The Labute approximate surface area is 116 Å². The summed E-state index contributed by atoms with van der Waals surface area (Å²) in [6, 6.07) is 0.159. The summed E-state index contributed by atoms with van der Waals surface area (Å²) >= 11 is 1.84. The topological polar surface area (TPSA) is 58.2 Å². The largest absolute Gasteiger partial charge is 0.317 e. The summed E-state index contributed by atoms with van der Waals surface area (Å²) in [5.41, 5.74) is 0. The quantitative estimate of drug-likeness (QED) is 0.634. The molecular weight excluding hydrogens is 268 g/mol. The highest BCUT2D eigenvalue weighted by atomic mass is 32.2. The van der Waals surface area contributed by atoms with Crippen molar-refractivity contribution in [1.29, 1.82) is 0 Å². The van der Waals surface area contributed by atoms with E-state index in [2.05, 4.69) is 17.0 Å². The molecule has 0 amide bonds. The van der Waals surface area contributed by atoms with Crippen molar-refractivity contribution in [2.45, 2.75) is 45.1 Å². The van der Waals surface area contributed by atoms with Crippen LogP contribution in [-0.4, -0.2) is 44.8 Å². The van der Waals surface area contributed by atoms with Gasteiger partial charge in [0.15, 0.2) is 0 Å². The molecule has 1 atom stereocenters. The Morgan fingerprint density at radius 1 is 1.28 bits per heavy atom. The molecule has 108 valence electrons. The first kappa shape index (κ1) is 16.3. The molecule has 0 aliphatic carbocycles. The highest BCUT2D eigenvalue weighted by Gasteiger charge is 2.19. The Kier molecular flexibility index (Phi) is 8.30. The van der Waals surface area contributed by atoms with Crippen molar-refractivity contribution >= 4 is 21.8 Å². The zero-order valence-corrected chi connectivity index (χ0v) is 12.9. The second kappa shape index (κ2) is 9.18. The summed E-state index contributed by atoms with van der Waals surface area (Å²) in [7, 11) is -3.07. The summed E-state index contributed by atoms with van der Waals surface area (Å²) < 4.78 is 26.5. The van der Waals surface area contributed by atoms with Gasteiger partial charge in [0.1, 0.15) is 0 Å². The molecule has 1 unspecified atom stereocenters. The van der Waals surface area contributed by atoms with Gasteiger partial charge in [0.25, 0.3) is 0 Å². The van der Waals surface area contributed by atoms with Crippen LogP contribution in [0, 0.1) is 0 Å². The van der Waals surface area contributed by atoms with E-state index in [1.165, 1.54) is 5.75 Å². The van der Waals surface area contributed by atoms with Gasteiger partial charge in [0.2, 0.25) is 10.0 Å². The fourth-order valence-electron chi connectivity index (χ4n) is 1.99. The van der Waals surface area contributed by atoms with Gasteiger partial charge in [-0.3, -0.25) is 0 Å². The van der Waals surface area contributed by atoms with Crippen molar-refractivity contribution in [2.24, 2.45) is 0 Å². The first-order chi connectivity index (χ1) is 8.64. The Bertz CT molecular complexity index is 301. The number of unbranched alkanes of at least 4 members (excludes halogenated alkanes) is 1. The lowest BCUT2D eigenvalue weighted by molar-refractivity contribution is 0.538. The predicted octanol–water partition coefficient (Wildman–Crippen LogP) is 1.58. The lowest BCUT2D eigenvalue weighted by Crippen LogP contribution is -2.39. The summed E-state index contributed by atoms with van der Waals surface area (Å²) in [6.45, 7) is 4.07. The zero-order chi connectivity index (χ0) is 13.3. The molecule has 1 aliphatic rings. The van der Waals surface area contributed by atoms with Crippen LogP contribution < -0.4 is 10.0 Å². The standard InChI is InChI=1S/C12H26N2O2S2/c1-2-7-13-8-3-4-10-18(15,16)14-12-6-5-9-17-11-12/h12-14H,2-11H2,1H3. The van der Waals surface area contributed by atoms with Crippen molar-refractivity contribution in [3.63, 3.8) is 0 Å². The van der Waals surface area contributed by atoms with E-state index in [9.17, 15) is 8.42 Å². The molecule has 0 aromatic heterocycles. The van der Waals surface area contributed by atoms with E-state index < -0.39 is 10.0 Å². The van der Waals surface area contributed by atoms with Gasteiger partial charge in [0.05, 0.1) is 5.75 Å². The van der Waals surface area contributed by atoms with Crippen LogP contribution in [0.5, 0.6) is 0 Å². The van der Waals surface area contributed by atoms with E-state index in [4.69, 9.17) is 0 Å². The van der Waals surface area contributed by atoms with Gasteiger partial charge >= 0.3 is 0 Å². The minimum Gasteiger partial charge on any atom is -0.317 e. The highest BCUT2D eigenvalue weighted by molar-refractivity contribution is 7.99. The van der Waals surface area contributed by atoms with Crippen LogP contribution in [-0.2, 0) is 10.0 Å². The number of hydrogen-bond donors (Lipinski definition) is 2. The molecule has 2 N–H and O–H groups in total. The van der Waals surface area contributed by atoms with Crippen molar-refractivity contribution in [3.8, 4) is 0 Å². The van der Waals surface area contributed by atoms with Crippen LogP contribution in [0.1, 0.15) is 39.0 Å². The molecule has 0 spiro atoms. The minimum atomic E-state index is -3.07. The third kappa shape index (κ3) is 7.61. The minimum absolute atomic E-state index is 0.159. The Hall–Kier alpha value is 0.220. The summed E-state index contributed by atoms with van der Waals surface area (Å²) in [5, 5.41) is 3.28. The average molecular weight is 294 g/mol. The molecule has 1 rings (SSSR count). The van der Waals surface area contributed by atoms with Crippen LogP contribution in [0.15, 0.2) is 0 Å². The molecule has 0 saturated carbocycles. The van der Waals surface area contributed by atoms with Crippen LogP contribution in [0.25, 0.3) is 0 Å². The van der Waals surface area contributed by atoms with Gasteiger partial charge in [-0.05, 0) is 50.9 Å². The molecule has 1 fully saturated rings. The van der Waals surface area contributed by atoms with Crippen LogP contribution in [0.3, 0.4) is 0 Å². The number of nitrogens with one attached hydrogen (secondary N) is 2. The van der Waals surface area contributed by atoms with Crippen LogP contribution in [0.4, 0.5) is 0 Å². The molecule has 0 radical (unpaired) electrons. The second-order valence-corrected chi connectivity index (χ2v) is 7.83. The third-order valence-electron chi connectivity index (χ3n) is 2.95. The molecule has 0 aromatic rings. The van der Waals surface area contributed by atoms with Crippen molar-refractivity contribution in [1.82, 2.24) is 10.0 Å². The maximum Gasteiger partial charge on any atom is 0.211 e. The smallest absolute Gasteiger partial charge is 0.211 e. The van der Waals surface area contributed by atoms with E-state index in [1.807, 2.05) is 11.8 Å². The molecule has 0 bridgehead atoms. The summed E-state index contributed by atoms with van der Waals surface area (Å²) in [5.74, 6) is 2.36. The number of hydrogen-bond acceptors (Lipinski definition) is 4. The molecule has 1 aliphatic heterocycles. The average Bonchev–Trinajstić information content (AvgIpc) is 2.34. The second-order valence-electron chi connectivity index (χ2n) is 4.81. The first-order valence-corrected chi connectivity index (χ1v) is 9.73. The monoisotopic (exact) mass is 294 g/mol. The van der Waals surface area contributed by atoms with E-state index in [-0.39, 0.29) is 11.8 Å². The van der Waals surface area contributed by atoms with Crippen LogP contribution in [0.2, 0.25) is 0 Å².